The number of hydrogen-bond donors (Lipinski definition) is 0. The van der Waals surface area contributed by atoms with E-state index in [1.807, 2.05) is 0 Å². The molecule has 0 aromatic carbocycles. The average Bonchev–Trinajstić information content (AvgIpc) is 3.41. The highest BCUT2D eigenvalue weighted by atomic mass is 16.5. The van der Waals surface area contributed by atoms with Gasteiger partial charge in [0, 0.05) is 19.6 Å². The van der Waals surface area contributed by atoms with Crippen LogP contribution in [0.4, 0.5) is 0 Å². The topological polar surface area (TPSA) is 15.7 Å². The molecule has 0 radical (unpaired) electrons. The molecule has 4 aliphatic rings. The summed E-state index contributed by atoms with van der Waals surface area (Å²) in [5.74, 6) is 0. The van der Waals surface area contributed by atoms with E-state index in [2.05, 4.69) is 23.8 Å². The van der Waals surface area contributed by atoms with Crippen molar-refractivity contribution in [2.45, 2.75) is 96.2 Å². The minimum atomic E-state index is 0.542. The summed E-state index contributed by atoms with van der Waals surface area (Å²) in [6, 6.07) is 0. The van der Waals surface area contributed by atoms with E-state index in [-0.39, 0.29) is 0 Å². The van der Waals surface area contributed by atoms with E-state index < -0.39 is 0 Å². The fourth-order valence-electron chi connectivity index (χ4n) is 6.09. The lowest BCUT2D eigenvalue weighted by molar-refractivity contribution is -0.0767. The highest BCUT2D eigenvalue weighted by molar-refractivity contribution is 4.97. The fraction of sp³-hybridized carbons (Fsp3) is 1.00. The van der Waals surface area contributed by atoms with Gasteiger partial charge in [-0.15, -0.1) is 0 Å². The second-order valence-corrected chi connectivity index (χ2v) is 10.4. The van der Waals surface area contributed by atoms with Gasteiger partial charge in [0.25, 0.3) is 0 Å². The minimum absolute atomic E-state index is 0.542. The van der Waals surface area contributed by atoms with Gasteiger partial charge >= 0.3 is 0 Å². The predicted molar refractivity (Wildman–Crippen MR) is 109 cm³/mol. The summed E-state index contributed by atoms with van der Waals surface area (Å²) in [5, 5.41) is 0. The van der Waals surface area contributed by atoms with Crippen LogP contribution in [0, 0.1) is 10.8 Å². The number of rotatable bonds is 6. The average molecular weight is 363 g/mol. The summed E-state index contributed by atoms with van der Waals surface area (Å²) < 4.78 is 6.50. The first kappa shape index (κ1) is 19.2. The van der Waals surface area contributed by atoms with Crippen molar-refractivity contribution in [1.82, 2.24) is 9.80 Å². The van der Waals surface area contributed by atoms with Gasteiger partial charge in [-0.05, 0) is 102 Å². The molecule has 2 saturated heterocycles. The van der Waals surface area contributed by atoms with Gasteiger partial charge in [-0.1, -0.05) is 13.3 Å². The van der Waals surface area contributed by atoms with E-state index in [9.17, 15) is 0 Å². The third-order valence-corrected chi connectivity index (χ3v) is 8.26. The highest BCUT2D eigenvalue weighted by Gasteiger charge is 2.45. The minimum Gasteiger partial charge on any atom is -0.375 e. The van der Waals surface area contributed by atoms with Crippen molar-refractivity contribution in [2.75, 3.05) is 39.8 Å². The van der Waals surface area contributed by atoms with E-state index in [4.69, 9.17) is 4.74 Å². The van der Waals surface area contributed by atoms with Gasteiger partial charge in [0.05, 0.1) is 12.2 Å². The second kappa shape index (κ2) is 8.09. The SMILES string of the molecule is CCCC1(CN2CCC3(CCC(OC4CCN(C)CC4)CC3)CC2)CC1. The lowest BCUT2D eigenvalue weighted by atomic mass is 9.67. The van der Waals surface area contributed by atoms with Crippen LogP contribution < -0.4 is 0 Å². The van der Waals surface area contributed by atoms with Crippen molar-refractivity contribution in [1.29, 1.82) is 0 Å². The Labute approximate surface area is 161 Å². The molecule has 2 heterocycles. The number of likely N-dealkylation sites (tertiary alicyclic amines) is 2. The zero-order chi connectivity index (χ0) is 18.0. The third kappa shape index (κ3) is 4.64. The monoisotopic (exact) mass is 362 g/mol. The number of piperidine rings is 2. The Morgan fingerprint density at radius 1 is 0.808 bits per heavy atom. The van der Waals surface area contributed by atoms with Crippen molar-refractivity contribution in [3.8, 4) is 0 Å². The Morgan fingerprint density at radius 3 is 2.00 bits per heavy atom. The van der Waals surface area contributed by atoms with Crippen LogP contribution in [-0.2, 0) is 4.74 Å². The van der Waals surface area contributed by atoms with Gasteiger partial charge in [0.15, 0.2) is 0 Å². The van der Waals surface area contributed by atoms with Crippen molar-refractivity contribution >= 4 is 0 Å². The zero-order valence-corrected chi connectivity index (χ0v) is 17.5. The van der Waals surface area contributed by atoms with Crippen LogP contribution in [0.25, 0.3) is 0 Å². The van der Waals surface area contributed by atoms with Crippen molar-refractivity contribution < 1.29 is 4.74 Å². The summed E-state index contributed by atoms with van der Waals surface area (Å²) in [6.45, 7) is 8.93. The van der Waals surface area contributed by atoms with E-state index in [0.29, 0.717) is 17.6 Å². The molecule has 0 amide bonds. The second-order valence-electron chi connectivity index (χ2n) is 10.4. The van der Waals surface area contributed by atoms with Gasteiger partial charge in [-0.3, -0.25) is 0 Å². The maximum Gasteiger partial charge on any atom is 0.0603 e. The number of hydrogen-bond acceptors (Lipinski definition) is 3. The summed E-state index contributed by atoms with van der Waals surface area (Å²) >= 11 is 0. The summed E-state index contributed by atoms with van der Waals surface area (Å²) in [5.41, 5.74) is 1.41. The molecule has 4 rings (SSSR count). The van der Waals surface area contributed by atoms with Crippen LogP contribution in [-0.4, -0.2) is 61.8 Å². The molecule has 150 valence electrons. The Kier molecular flexibility index (Phi) is 5.98. The smallest absolute Gasteiger partial charge is 0.0603 e. The molecule has 26 heavy (non-hydrogen) atoms. The maximum absolute atomic E-state index is 6.50. The molecule has 0 aromatic rings. The lowest BCUT2D eigenvalue weighted by Crippen LogP contribution is -2.45. The van der Waals surface area contributed by atoms with Gasteiger partial charge in [-0.2, -0.15) is 0 Å². The van der Waals surface area contributed by atoms with Crippen LogP contribution in [0.1, 0.15) is 84.0 Å². The van der Waals surface area contributed by atoms with Gasteiger partial charge < -0.3 is 14.5 Å². The standard InChI is InChI=1S/C23H42N2O/c1-3-8-23(11-12-23)19-25-17-13-22(14-18-25)9-4-20(5-10-22)26-21-6-15-24(2)16-7-21/h20-21H,3-19H2,1-2H3. The zero-order valence-electron chi connectivity index (χ0n) is 17.5. The van der Waals surface area contributed by atoms with E-state index >= 15 is 0 Å². The first-order valence-corrected chi connectivity index (χ1v) is 11.7. The molecule has 0 unspecified atom stereocenters. The maximum atomic E-state index is 6.50. The molecule has 0 bridgehead atoms. The molecule has 3 nitrogen and oxygen atoms in total. The molecule has 0 N–H and O–H groups in total. The Bertz CT molecular complexity index is 435. The Balaban J connectivity index is 1.18. The normalized spacial score (nSPS) is 30.7. The molecule has 2 aliphatic carbocycles. The Hall–Kier alpha value is -0.120. The van der Waals surface area contributed by atoms with Crippen LogP contribution in [0.2, 0.25) is 0 Å². The Morgan fingerprint density at radius 2 is 1.42 bits per heavy atom. The molecule has 0 aromatic heterocycles. The summed E-state index contributed by atoms with van der Waals surface area (Å²) in [4.78, 5) is 5.25. The summed E-state index contributed by atoms with van der Waals surface area (Å²) in [6.07, 6.45) is 17.8. The molecule has 1 spiro atoms. The van der Waals surface area contributed by atoms with Crippen molar-refractivity contribution in [3.05, 3.63) is 0 Å². The number of nitrogens with zero attached hydrogens (tertiary/aromatic N) is 2. The van der Waals surface area contributed by atoms with E-state index in [1.54, 1.807) is 0 Å². The van der Waals surface area contributed by atoms with Crippen molar-refractivity contribution in [2.24, 2.45) is 10.8 Å². The largest absolute Gasteiger partial charge is 0.375 e. The molecule has 2 saturated carbocycles. The van der Waals surface area contributed by atoms with Crippen LogP contribution in [0.5, 0.6) is 0 Å². The first-order chi connectivity index (χ1) is 12.6. The van der Waals surface area contributed by atoms with Gasteiger partial charge in [0.2, 0.25) is 0 Å². The van der Waals surface area contributed by atoms with E-state index in [1.165, 1.54) is 110 Å². The van der Waals surface area contributed by atoms with Gasteiger partial charge in [0.1, 0.15) is 0 Å². The fourth-order valence-corrected chi connectivity index (χ4v) is 6.09. The van der Waals surface area contributed by atoms with Crippen LogP contribution >= 0.6 is 0 Å². The lowest BCUT2D eigenvalue weighted by Gasteiger charge is -2.47. The molecule has 4 fully saturated rings. The van der Waals surface area contributed by atoms with E-state index in [0.717, 1.165) is 5.41 Å². The molecular weight excluding hydrogens is 320 g/mol. The van der Waals surface area contributed by atoms with Crippen LogP contribution in [0.15, 0.2) is 0 Å². The highest BCUT2D eigenvalue weighted by Crippen LogP contribution is 2.51. The molecule has 3 heteroatoms. The molecular formula is C23H42N2O. The molecule has 2 aliphatic heterocycles. The third-order valence-electron chi connectivity index (χ3n) is 8.26. The quantitative estimate of drug-likeness (QED) is 0.681. The van der Waals surface area contributed by atoms with Crippen molar-refractivity contribution in [3.63, 3.8) is 0 Å². The summed E-state index contributed by atoms with van der Waals surface area (Å²) in [7, 11) is 2.24. The van der Waals surface area contributed by atoms with Crippen LogP contribution in [0.3, 0.4) is 0 Å². The number of ether oxygens (including phenoxy) is 1. The van der Waals surface area contributed by atoms with Gasteiger partial charge in [-0.25, -0.2) is 0 Å². The molecule has 0 atom stereocenters. The predicted octanol–water partition coefficient (Wildman–Crippen LogP) is 4.70. The first-order valence-electron chi connectivity index (χ1n) is 11.7.